The van der Waals surface area contributed by atoms with Gasteiger partial charge in [0.15, 0.2) is 0 Å². The molecule has 1 nitrogen and oxygen atoms in total. The van der Waals surface area contributed by atoms with Crippen LogP contribution >= 0.6 is 11.1 Å². The van der Waals surface area contributed by atoms with E-state index in [1.165, 1.54) is 12.5 Å². The van der Waals surface area contributed by atoms with E-state index < -0.39 is 7.38 Å². The zero-order valence-corrected chi connectivity index (χ0v) is 10.5. The van der Waals surface area contributed by atoms with Crippen molar-refractivity contribution in [1.29, 1.82) is 0 Å². The van der Waals surface area contributed by atoms with Crippen LogP contribution in [0.1, 0.15) is 26.7 Å². The Labute approximate surface area is 82.8 Å². The first-order valence-corrected chi connectivity index (χ1v) is 8.49. The third kappa shape index (κ3) is 31.9. The second kappa shape index (κ2) is 11.2. The molecule has 0 saturated heterocycles. The predicted molar refractivity (Wildman–Crippen MR) is 62.5 cm³/mol. The predicted octanol–water partition coefficient (Wildman–Crippen LogP) is 3.60. The second-order valence-electron chi connectivity index (χ2n) is 3.17. The Morgan fingerprint density at radius 2 is 1.67 bits per heavy atom. The molecule has 0 aliphatic heterocycles. The van der Waals surface area contributed by atoms with Gasteiger partial charge in [-0.25, -0.2) is 0 Å². The van der Waals surface area contributed by atoms with Crippen molar-refractivity contribution in [2.45, 2.75) is 45.8 Å². The molecule has 0 atom stereocenters. The first-order valence-electron chi connectivity index (χ1n) is 4.27. The van der Waals surface area contributed by atoms with Gasteiger partial charge in [-0.1, -0.05) is 39.4 Å². The van der Waals surface area contributed by atoms with Crippen LogP contribution in [0.5, 0.6) is 0 Å². The van der Waals surface area contributed by atoms with Crippen molar-refractivity contribution in [2.24, 2.45) is 0 Å². The number of hydrogen-bond donors (Lipinski definition) is 0. The molecule has 3 heteroatoms. The van der Waals surface area contributed by atoms with Gasteiger partial charge in [-0.2, -0.15) is 11.1 Å². The summed E-state index contributed by atoms with van der Waals surface area (Å²) in [6, 6.07) is 1.24. The molecule has 0 aliphatic rings. The van der Waals surface area contributed by atoms with E-state index in [4.69, 9.17) is 11.1 Å². The van der Waals surface area contributed by atoms with Gasteiger partial charge in [-0.05, 0) is 12.5 Å². The van der Waals surface area contributed by atoms with E-state index in [-0.39, 0.29) is 5.48 Å². The minimum Gasteiger partial charge on any atom is -0.412 e. The fraction of sp³-hybridized carbons (Fsp3) is 0.778. The second-order valence-corrected chi connectivity index (χ2v) is 10.2. The molecule has 0 heterocycles. The molecule has 0 unspecified atom stereocenters. The molecule has 0 spiro atoms. The van der Waals surface area contributed by atoms with Crippen molar-refractivity contribution >= 4 is 18.5 Å². The third-order valence-electron chi connectivity index (χ3n) is 1.13. The van der Waals surface area contributed by atoms with Crippen LogP contribution in [0.2, 0.25) is 19.1 Å². The van der Waals surface area contributed by atoms with Crippen molar-refractivity contribution in [3.8, 4) is 0 Å². The molecule has 0 bridgehead atoms. The SMILES string of the molecule is C=CCC.CCC[Si](C)(C)Cl.O. The van der Waals surface area contributed by atoms with Crippen molar-refractivity contribution < 1.29 is 5.48 Å². The van der Waals surface area contributed by atoms with E-state index in [0.29, 0.717) is 0 Å². The van der Waals surface area contributed by atoms with E-state index in [1.54, 1.807) is 0 Å². The van der Waals surface area contributed by atoms with Crippen molar-refractivity contribution in [2.75, 3.05) is 0 Å². The number of rotatable bonds is 3. The molecule has 76 valence electrons. The molecule has 0 aromatic rings. The van der Waals surface area contributed by atoms with Gasteiger partial charge in [0.1, 0.15) is 7.38 Å². The molecule has 0 amide bonds. The summed E-state index contributed by atoms with van der Waals surface area (Å²) in [7, 11) is -1.18. The highest BCUT2D eigenvalue weighted by Crippen LogP contribution is 2.14. The summed E-state index contributed by atoms with van der Waals surface area (Å²) in [5, 5.41) is 0. The molecule has 0 saturated carbocycles. The fourth-order valence-electron chi connectivity index (χ4n) is 0.594. The lowest BCUT2D eigenvalue weighted by Gasteiger charge is -2.08. The summed E-state index contributed by atoms with van der Waals surface area (Å²) in [5.74, 6) is 0. The van der Waals surface area contributed by atoms with E-state index in [9.17, 15) is 0 Å². The summed E-state index contributed by atoms with van der Waals surface area (Å²) in [5.41, 5.74) is 0. The van der Waals surface area contributed by atoms with E-state index >= 15 is 0 Å². The highest BCUT2D eigenvalue weighted by Gasteiger charge is 2.13. The normalized spacial score (nSPS) is 9.08. The lowest BCUT2D eigenvalue weighted by molar-refractivity contribution is 0.824. The number of hydrogen-bond acceptors (Lipinski definition) is 0. The summed E-state index contributed by atoms with van der Waals surface area (Å²) >= 11 is 5.97. The molecule has 2 N–H and O–H groups in total. The van der Waals surface area contributed by atoms with Crippen LogP contribution in [0, 0.1) is 0 Å². The van der Waals surface area contributed by atoms with Crippen molar-refractivity contribution in [3.05, 3.63) is 12.7 Å². The molecule has 0 aliphatic carbocycles. The molecule has 0 fully saturated rings. The van der Waals surface area contributed by atoms with Crippen molar-refractivity contribution in [3.63, 3.8) is 0 Å². The lowest BCUT2D eigenvalue weighted by atomic mass is 10.5. The highest BCUT2D eigenvalue weighted by atomic mass is 35.6. The first-order chi connectivity index (χ1) is 4.97. The van der Waals surface area contributed by atoms with Crippen LogP contribution in [0.15, 0.2) is 12.7 Å². The Bertz CT molecular complexity index is 89.0. The lowest BCUT2D eigenvalue weighted by Crippen LogP contribution is -2.14. The number of allylic oxidation sites excluding steroid dienone is 1. The zero-order valence-electron chi connectivity index (χ0n) is 8.78. The molecular weight excluding hydrogens is 188 g/mol. The van der Waals surface area contributed by atoms with Crippen molar-refractivity contribution in [1.82, 2.24) is 0 Å². The Kier molecular flexibility index (Phi) is 16.9. The minimum atomic E-state index is -1.18. The van der Waals surface area contributed by atoms with Gasteiger partial charge in [-0.3, -0.25) is 0 Å². The molecular formula is C9H23ClOSi. The van der Waals surface area contributed by atoms with Crippen LogP contribution in [0.25, 0.3) is 0 Å². The van der Waals surface area contributed by atoms with Gasteiger partial charge in [0.05, 0.1) is 0 Å². The number of halogens is 1. The topological polar surface area (TPSA) is 31.5 Å². The van der Waals surface area contributed by atoms with Gasteiger partial charge in [0.25, 0.3) is 0 Å². The minimum absolute atomic E-state index is 0. The van der Waals surface area contributed by atoms with Crippen LogP contribution < -0.4 is 0 Å². The molecule has 12 heavy (non-hydrogen) atoms. The third-order valence-corrected chi connectivity index (χ3v) is 3.39. The Morgan fingerprint density at radius 1 is 1.33 bits per heavy atom. The van der Waals surface area contributed by atoms with Gasteiger partial charge >= 0.3 is 0 Å². The molecule has 0 rings (SSSR count). The van der Waals surface area contributed by atoms with Gasteiger partial charge in [-0.15, -0.1) is 6.58 Å². The first kappa shape index (κ1) is 18.1. The molecule has 0 radical (unpaired) electrons. The Balaban J connectivity index is -0.000000142. The summed E-state index contributed by atoms with van der Waals surface area (Å²) < 4.78 is 0. The Morgan fingerprint density at radius 3 is 1.67 bits per heavy atom. The highest BCUT2D eigenvalue weighted by molar-refractivity contribution is 7.19. The monoisotopic (exact) mass is 210 g/mol. The summed E-state index contributed by atoms with van der Waals surface area (Å²) in [6.07, 6.45) is 4.20. The maximum atomic E-state index is 5.97. The smallest absolute Gasteiger partial charge is 0.150 e. The van der Waals surface area contributed by atoms with E-state index in [2.05, 4.69) is 33.5 Å². The van der Waals surface area contributed by atoms with Gasteiger partial charge < -0.3 is 5.48 Å². The molecule has 0 aromatic carbocycles. The molecule has 0 aromatic heterocycles. The fourth-order valence-corrected chi connectivity index (χ4v) is 2.35. The van der Waals surface area contributed by atoms with Crippen LogP contribution in [0.3, 0.4) is 0 Å². The van der Waals surface area contributed by atoms with E-state index in [0.717, 1.165) is 6.42 Å². The zero-order chi connectivity index (χ0) is 9.33. The summed E-state index contributed by atoms with van der Waals surface area (Å²) in [6.45, 7) is 12.1. The standard InChI is InChI=1S/C5H13ClSi.C4H8.H2O/c1-4-5-7(2,3)6;1-3-4-2;/h4-5H2,1-3H3;3H,1,4H2,2H3;1H2. The van der Waals surface area contributed by atoms with Crippen LogP contribution in [0.4, 0.5) is 0 Å². The van der Waals surface area contributed by atoms with Crippen LogP contribution in [-0.2, 0) is 0 Å². The van der Waals surface area contributed by atoms with Crippen LogP contribution in [-0.4, -0.2) is 12.9 Å². The largest absolute Gasteiger partial charge is 0.412 e. The van der Waals surface area contributed by atoms with Gasteiger partial charge in [0, 0.05) is 0 Å². The maximum Gasteiger partial charge on any atom is 0.150 e. The summed E-state index contributed by atoms with van der Waals surface area (Å²) in [4.78, 5) is 0. The maximum absolute atomic E-state index is 5.97. The average molecular weight is 211 g/mol. The van der Waals surface area contributed by atoms with E-state index in [1.807, 2.05) is 6.08 Å². The quantitative estimate of drug-likeness (QED) is 0.388. The average Bonchev–Trinajstić information content (AvgIpc) is 1.86. The van der Waals surface area contributed by atoms with Gasteiger partial charge in [0.2, 0.25) is 0 Å². The Hall–Kier alpha value is 0.207.